The second-order valence-corrected chi connectivity index (χ2v) is 8.54. The van der Waals surface area contributed by atoms with Gasteiger partial charge in [-0.25, -0.2) is 4.79 Å². The summed E-state index contributed by atoms with van der Waals surface area (Å²) >= 11 is 6.56. The Morgan fingerprint density at radius 2 is 2.00 bits per heavy atom. The van der Waals surface area contributed by atoms with E-state index in [-0.39, 0.29) is 22.8 Å². The maximum Gasteiger partial charge on any atom is 0.433 e. The lowest BCUT2D eigenvalue weighted by atomic mass is 10.1. The van der Waals surface area contributed by atoms with Gasteiger partial charge in [0, 0.05) is 29.4 Å². The predicted molar refractivity (Wildman–Crippen MR) is 125 cm³/mol. The van der Waals surface area contributed by atoms with E-state index in [0.29, 0.717) is 34.7 Å². The molecule has 2 heterocycles. The second kappa shape index (κ2) is 10.7. The Labute approximate surface area is 205 Å². The van der Waals surface area contributed by atoms with E-state index in [4.69, 9.17) is 21.1 Å². The van der Waals surface area contributed by atoms with E-state index in [1.807, 2.05) is 19.0 Å². The number of aromatic nitrogens is 3. The molecule has 190 valence electrons. The monoisotopic (exact) mass is 514 g/mol. The van der Waals surface area contributed by atoms with Crippen LogP contribution in [0.3, 0.4) is 0 Å². The number of methoxy groups -OCH3 is 1. The normalized spacial score (nSPS) is 12.7. The van der Waals surface area contributed by atoms with Crippen molar-refractivity contribution in [2.75, 3.05) is 34.4 Å². The number of rotatable bonds is 8. The number of hydrogen-bond donors (Lipinski definition) is 1. The average Bonchev–Trinajstić information content (AvgIpc) is 3.38. The average molecular weight is 515 g/mol. The summed E-state index contributed by atoms with van der Waals surface area (Å²) in [5, 5.41) is 13.7. The maximum absolute atomic E-state index is 14.0. The summed E-state index contributed by atoms with van der Waals surface area (Å²) in [5.41, 5.74) is -0.692. The number of nitrogens with zero attached hydrogens (tertiary/aromatic N) is 4. The molecule has 35 heavy (non-hydrogen) atoms. The van der Waals surface area contributed by atoms with Gasteiger partial charge < -0.3 is 19.5 Å². The Bertz CT molecular complexity index is 1190. The number of alkyl halides is 3. The van der Waals surface area contributed by atoms with E-state index < -0.39 is 24.1 Å². The third-order valence-electron chi connectivity index (χ3n) is 5.08. The van der Waals surface area contributed by atoms with Gasteiger partial charge in [0.15, 0.2) is 5.69 Å². The summed E-state index contributed by atoms with van der Waals surface area (Å²) in [6, 6.07) is 6.45. The molecule has 12 heteroatoms. The molecule has 0 aliphatic carbocycles. The lowest BCUT2D eigenvalue weighted by Gasteiger charge is -2.14. The summed E-state index contributed by atoms with van der Waals surface area (Å²) in [7, 11) is 4.92. The van der Waals surface area contributed by atoms with Crippen molar-refractivity contribution in [1.29, 1.82) is 0 Å². The first-order valence-corrected chi connectivity index (χ1v) is 11.0. The number of likely N-dealkylation sites (N-methyl/N-ethyl adjacent to an activating group) is 1. The van der Waals surface area contributed by atoms with E-state index in [2.05, 4.69) is 5.10 Å². The topological polar surface area (TPSA) is 81.8 Å². The number of halogens is 4. The number of benzene rings is 1. The Hall–Kier alpha value is -3.02. The van der Waals surface area contributed by atoms with E-state index >= 15 is 0 Å². The van der Waals surface area contributed by atoms with Crippen LogP contribution in [0, 0.1) is 0 Å². The van der Waals surface area contributed by atoms with Crippen LogP contribution in [0.1, 0.15) is 12.6 Å². The van der Waals surface area contributed by atoms with Gasteiger partial charge in [-0.3, -0.25) is 9.25 Å². The van der Waals surface area contributed by atoms with E-state index in [1.165, 1.54) is 19.2 Å². The van der Waals surface area contributed by atoms with Crippen LogP contribution in [0.25, 0.3) is 22.4 Å². The molecular formula is C23H26ClF3N4O4. The van der Waals surface area contributed by atoms with Crippen LogP contribution < -0.4 is 4.74 Å². The van der Waals surface area contributed by atoms with Crippen LogP contribution in [0.4, 0.5) is 18.0 Å². The highest BCUT2D eigenvalue weighted by molar-refractivity contribution is 6.34. The molecular weight excluding hydrogens is 489 g/mol. The molecule has 3 rings (SSSR count). The fraction of sp³-hybridized carbons (Fsp3) is 0.391. The molecule has 2 aromatic heterocycles. The molecule has 1 N–H and O–H groups in total. The summed E-state index contributed by atoms with van der Waals surface area (Å²) in [5.74, 6) is 0.402. The lowest BCUT2D eigenvalue weighted by Crippen LogP contribution is -2.21. The highest BCUT2D eigenvalue weighted by Crippen LogP contribution is 2.41. The number of ether oxygens (including phenoxy) is 2. The van der Waals surface area contributed by atoms with Crippen molar-refractivity contribution < 1.29 is 32.5 Å². The molecule has 0 amide bonds. The van der Waals surface area contributed by atoms with Crippen LogP contribution >= 0.6 is 11.6 Å². The minimum absolute atomic E-state index is 0.0917. The fourth-order valence-electron chi connectivity index (χ4n) is 3.51. The van der Waals surface area contributed by atoms with Crippen molar-refractivity contribution in [2.45, 2.75) is 25.7 Å². The van der Waals surface area contributed by atoms with Gasteiger partial charge in [-0.1, -0.05) is 23.7 Å². The molecule has 0 saturated heterocycles. The molecule has 0 spiro atoms. The van der Waals surface area contributed by atoms with Crippen LogP contribution in [0.2, 0.25) is 5.02 Å². The van der Waals surface area contributed by atoms with Crippen molar-refractivity contribution in [3.63, 3.8) is 0 Å². The molecule has 0 bridgehead atoms. The number of aliphatic hydroxyl groups excluding tert-OH is 1. The molecule has 1 atom stereocenters. The van der Waals surface area contributed by atoms with Crippen molar-refractivity contribution in [2.24, 2.45) is 0 Å². The predicted octanol–water partition coefficient (Wildman–Crippen LogP) is 4.63. The SMILES string of the molecule is COC(=O)n1cc(-c2cccc(OCCN(C)C)c2Cl)cc1-c1cnn(C[C@H](C)O)c1C(F)(F)F. The van der Waals surface area contributed by atoms with Crippen molar-refractivity contribution in [3.8, 4) is 28.1 Å². The Morgan fingerprint density at radius 3 is 2.60 bits per heavy atom. The molecule has 0 fully saturated rings. The largest absolute Gasteiger partial charge is 0.491 e. The number of aliphatic hydroxyl groups is 1. The van der Waals surface area contributed by atoms with Crippen LogP contribution in [0.5, 0.6) is 5.75 Å². The van der Waals surface area contributed by atoms with Gasteiger partial charge in [-0.05, 0) is 33.2 Å². The molecule has 3 aromatic rings. The van der Waals surface area contributed by atoms with E-state index in [1.54, 1.807) is 18.2 Å². The molecule has 0 aliphatic rings. The number of carbonyl (C=O) groups excluding carboxylic acids is 1. The molecule has 0 radical (unpaired) electrons. The van der Waals surface area contributed by atoms with Gasteiger partial charge in [0.05, 0.1) is 36.7 Å². The van der Waals surface area contributed by atoms with Crippen molar-refractivity contribution >= 4 is 17.7 Å². The minimum atomic E-state index is -4.80. The van der Waals surface area contributed by atoms with E-state index in [0.717, 1.165) is 17.9 Å². The summed E-state index contributed by atoms with van der Waals surface area (Å²) in [6.45, 7) is 2.01. The Kier molecular flexibility index (Phi) is 8.14. The molecule has 0 saturated carbocycles. The van der Waals surface area contributed by atoms with Gasteiger partial charge in [0.25, 0.3) is 0 Å². The summed E-state index contributed by atoms with van der Waals surface area (Å²) < 4.78 is 54.2. The fourth-order valence-corrected chi connectivity index (χ4v) is 3.80. The zero-order chi connectivity index (χ0) is 25.9. The Balaban J connectivity index is 2.13. The molecule has 1 aromatic carbocycles. The zero-order valence-electron chi connectivity index (χ0n) is 19.6. The van der Waals surface area contributed by atoms with Crippen LogP contribution in [0.15, 0.2) is 36.7 Å². The number of carbonyl (C=O) groups is 1. The first-order valence-electron chi connectivity index (χ1n) is 10.6. The quantitative estimate of drug-likeness (QED) is 0.472. The van der Waals surface area contributed by atoms with Crippen LogP contribution in [-0.2, 0) is 17.5 Å². The third-order valence-corrected chi connectivity index (χ3v) is 5.47. The minimum Gasteiger partial charge on any atom is -0.491 e. The van der Waals surface area contributed by atoms with Gasteiger partial charge in [-0.2, -0.15) is 18.3 Å². The summed E-state index contributed by atoms with van der Waals surface area (Å²) in [6.07, 6.45) is -4.41. The maximum atomic E-state index is 14.0. The van der Waals surface area contributed by atoms with Gasteiger partial charge in [0.1, 0.15) is 12.4 Å². The number of hydrogen-bond acceptors (Lipinski definition) is 6. The first kappa shape index (κ1) is 26.6. The van der Waals surface area contributed by atoms with Crippen LogP contribution in [-0.4, -0.2) is 70.9 Å². The molecule has 8 nitrogen and oxygen atoms in total. The van der Waals surface area contributed by atoms with Crippen molar-refractivity contribution in [1.82, 2.24) is 19.2 Å². The third kappa shape index (κ3) is 5.98. The van der Waals surface area contributed by atoms with Gasteiger partial charge >= 0.3 is 12.3 Å². The highest BCUT2D eigenvalue weighted by atomic mass is 35.5. The highest BCUT2D eigenvalue weighted by Gasteiger charge is 2.40. The zero-order valence-corrected chi connectivity index (χ0v) is 20.4. The molecule has 0 unspecified atom stereocenters. The van der Waals surface area contributed by atoms with Crippen molar-refractivity contribution in [3.05, 3.63) is 47.4 Å². The lowest BCUT2D eigenvalue weighted by molar-refractivity contribution is -0.144. The Morgan fingerprint density at radius 1 is 1.29 bits per heavy atom. The molecule has 0 aliphatic heterocycles. The van der Waals surface area contributed by atoms with Gasteiger partial charge in [-0.15, -0.1) is 0 Å². The first-order chi connectivity index (χ1) is 16.4. The smallest absolute Gasteiger partial charge is 0.433 e. The standard InChI is InChI=1S/C23H26ClF3N4O4/c1-14(32)12-31-21(23(25,26)27)17(11-28-31)18-10-15(13-30(18)22(33)34-4)16-6-5-7-19(20(16)24)35-9-8-29(2)3/h5-7,10-11,13-14,32H,8-9,12H2,1-4H3/t14-/m0/s1. The van der Waals surface area contributed by atoms with E-state index in [9.17, 15) is 23.1 Å². The summed E-state index contributed by atoms with van der Waals surface area (Å²) in [4.78, 5) is 14.4. The van der Waals surface area contributed by atoms with Gasteiger partial charge in [0.2, 0.25) is 0 Å². The second-order valence-electron chi connectivity index (χ2n) is 8.16.